The molecule has 1 fully saturated rings. The van der Waals surface area contributed by atoms with Crippen LogP contribution in [-0.2, 0) is 0 Å². The number of benzene rings is 1. The summed E-state index contributed by atoms with van der Waals surface area (Å²) in [6.07, 6.45) is 1.93. The van der Waals surface area contributed by atoms with Gasteiger partial charge in [-0.15, -0.1) is 0 Å². The first kappa shape index (κ1) is 13.5. The third-order valence-electron chi connectivity index (χ3n) is 4.38. The second kappa shape index (κ2) is 5.14. The van der Waals surface area contributed by atoms with Gasteiger partial charge in [0.1, 0.15) is 0 Å². The van der Waals surface area contributed by atoms with Gasteiger partial charge in [-0.05, 0) is 51.2 Å². The fourth-order valence-corrected chi connectivity index (χ4v) is 3.35. The molecule has 2 atom stereocenters. The van der Waals surface area contributed by atoms with E-state index in [1.165, 1.54) is 0 Å². The van der Waals surface area contributed by atoms with Crippen LogP contribution in [0.15, 0.2) is 29.1 Å². The zero-order valence-electron chi connectivity index (χ0n) is 11.8. The topological polar surface area (TPSA) is 41.0 Å². The Bertz CT molecular complexity index is 749. The number of hydrogen-bond donors (Lipinski definition) is 1. The lowest BCUT2D eigenvalue weighted by Crippen LogP contribution is -2.41. The highest BCUT2D eigenvalue weighted by atomic mass is 32.1. The molecule has 1 aliphatic rings. The molecule has 0 amide bonds. The van der Waals surface area contributed by atoms with Crippen molar-refractivity contribution in [2.24, 2.45) is 0 Å². The van der Waals surface area contributed by atoms with Crippen molar-refractivity contribution in [1.29, 1.82) is 0 Å². The van der Waals surface area contributed by atoms with Crippen LogP contribution in [0.5, 0.6) is 0 Å². The van der Waals surface area contributed by atoms with Crippen LogP contribution in [0.2, 0.25) is 0 Å². The number of likely N-dealkylation sites (tertiary alicyclic amines) is 1. The maximum Gasteiger partial charge on any atom is 0.262 e. The second-order valence-corrected chi connectivity index (χ2v) is 6.05. The molecule has 1 aromatic carbocycles. The summed E-state index contributed by atoms with van der Waals surface area (Å²) in [7, 11) is 2.13. The van der Waals surface area contributed by atoms with Gasteiger partial charge in [0.2, 0.25) is 0 Å². The van der Waals surface area contributed by atoms with Gasteiger partial charge in [0, 0.05) is 18.6 Å². The molecule has 2 aromatic rings. The number of nitrogens with zero attached hydrogens (tertiary/aromatic N) is 2. The molecule has 0 spiro atoms. The van der Waals surface area contributed by atoms with E-state index in [0.29, 0.717) is 16.2 Å². The predicted molar refractivity (Wildman–Crippen MR) is 83.8 cm³/mol. The summed E-state index contributed by atoms with van der Waals surface area (Å²) in [5, 5.41) is 0.715. The molecule has 0 aliphatic carbocycles. The maximum absolute atomic E-state index is 12.7. The molecule has 4 nitrogen and oxygen atoms in total. The fraction of sp³-hybridized carbons (Fsp3) is 0.467. The Morgan fingerprint density at radius 2 is 2.10 bits per heavy atom. The van der Waals surface area contributed by atoms with Gasteiger partial charge in [0.05, 0.1) is 10.9 Å². The Morgan fingerprint density at radius 1 is 1.35 bits per heavy atom. The monoisotopic (exact) mass is 289 g/mol. The van der Waals surface area contributed by atoms with Crippen LogP contribution in [0, 0.1) is 4.77 Å². The van der Waals surface area contributed by atoms with Crippen molar-refractivity contribution < 1.29 is 0 Å². The number of piperidine rings is 1. The molecule has 1 saturated heterocycles. The van der Waals surface area contributed by atoms with E-state index >= 15 is 0 Å². The molecule has 0 radical (unpaired) electrons. The quantitative estimate of drug-likeness (QED) is 0.821. The minimum atomic E-state index is 0.0334. The second-order valence-electron chi connectivity index (χ2n) is 5.66. The number of rotatable bonds is 1. The van der Waals surface area contributed by atoms with Crippen molar-refractivity contribution in [2.75, 3.05) is 13.6 Å². The smallest absolute Gasteiger partial charge is 0.262 e. The van der Waals surface area contributed by atoms with Crippen LogP contribution in [0.25, 0.3) is 10.9 Å². The average molecular weight is 289 g/mol. The summed E-state index contributed by atoms with van der Waals surface area (Å²) >= 11 is 5.41. The van der Waals surface area contributed by atoms with Crippen LogP contribution < -0.4 is 5.56 Å². The third-order valence-corrected chi connectivity index (χ3v) is 4.68. The molecule has 1 N–H and O–H groups in total. The van der Waals surface area contributed by atoms with Gasteiger partial charge in [-0.25, -0.2) is 0 Å². The minimum Gasteiger partial charge on any atom is -0.332 e. The Balaban J connectivity index is 2.12. The molecule has 2 unspecified atom stereocenters. The number of H-pyrrole nitrogens is 1. The molecule has 0 bridgehead atoms. The van der Waals surface area contributed by atoms with Crippen LogP contribution in [-0.4, -0.2) is 34.1 Å². The van der Waals surface area contributed by atoms with E-state index in [1.54, 1.807) is 4.57 Å². The Kier molecular flexibility index (Phi) is 3.48. The third kappa shape index (κ3) is 2.21. The lowest BCUT2D eigenvalue weighted by molar-refractivity contribution is 0.154. The maximum atomic E-state index is 12.7. The van der Waals surface area contributed by atoms with Crippen molar-refractivity contribution in [3.63, 3.8) is 0 Å². The number of hydrogen-bond acceptors (Lipinski definition) is 3. The lowest BCUT2D eigenvalue weighted by atomic mass is 9.98. The largest absolute Gasteiger partial charge is 0.332 e. The molecule has 1 aromatic heterocycles. The summed E-state index contributed by atoms with van der Waals surface area (Å²) < 4.78 is 2.32. The lowest BCUT2D eigenvalue weighted by Gasteiger charge is -2.35. The first-order valence-electron chi connectivity index (χ1n) is 7.01. The van der Waals surface area contributed by atoms with E-state index in [0.717, 1.165) is 24.9 Å². The van der Waals surface area contributed by atoms with E-state index in [-0.39, 0.29) is 11.6 Å². The van der Waals surface area contributed by atoms with Crippen molar-refractivity contribution in [1.82, 2.24) is 14.5 Å². The fourth-order valence-electron chi connectivity index (χ4n) is 3.01. The van der Waals surface area contributed by atoms with Gasteiger partial charge in [-0.2, -0.15) is 0 Å². The zero-order valence-corrected chi connectivity index (χ0v) is 12.6. The molecule has 106 valence electrons. The number of para-hydroxylation sites is 1. The van der Waals surface area contributed by atoms with Crippen molar-refractivity contribution in [2.45, 2.75) is 31.8 Å². The molecule has 0 saturated carbocycles. The standard InChI is InChI=1S/C15H19N3OS/c1-10-9-11(7-8-17(10)2)18-14(19)12-5-3-4-6-13(12)16-15(18)20/h3-6,10-11H,7-9H2,1-2H3,(H,16,20). The van der Waals surface area contributed by atoms with Gasteiger partial charge in [0.25, 0.3) is 5.56 Å². The predicted octanol–water partition coefficient (Wildman–Crippen LogP) is 2.71. The molecule has 2 heterocycles. The van der Waals surface area contributed by atoms with E-state index in [4.69, 9.17) is 12.2 Å². The summed E-state index contributed by atoms with van der Waals surface area (Å²) in [5.41, 5.74) is 0.853. The van der Waals surface area contributed by atoms with E-state index in [2.05, 4.69) is 23.9 Å². The van der Waals surface area contributed by atoms with Crippen LogP contribution in [0.1, 0.15) is 25.8 Å². The highest BCUT2D eigenvalue weighted by Gasteiger charge is 2.25. The number of aromatic nitrogens is 2. The van der Waals surface area contributed by atoms with Crippen LogP contribution >= 0.6 is 12.2 Å². The number of aromatic amines is 1. The Labute approximate surface area is 123 Å². The Morgan fingerprint density at radius 3 is 2.85 bits per heavy atom. The summed E-state index contributed by atoms with van der Waals surface area (Å²) in [4.78, 5) is 18.2. The zero-order chi connectivity index (χ0) is 14.3. The summed E-state index contributed by atoms with van der Waals surface area (Å²) in [6.45, 7) is 3.20. The van der Waals surface area contributed by atoms with Crippen molar-refractivity contribution >= 4 is 23.1 Å². The average Bonchev–Trinajstić information content (AvgIpc) is 2.43. The number of fused-ring (bicyclic) bond motifs is 1. The molecule has 5 heteroatoms. The highest BCUT2D eigenvalue weighted by molar-refractivity contribution is 7.71. The van der Waals surface area contributed by atoms with E-state index < -0.39 is 0 Å². The first-order valence-corrected chi connectivity index (χ1v) is 7.42. The van der Waals surface area contributed by atoms with E-state index in [1.807, 2.05) is 24.3 Å². The number of nitrogens with one attached hydrogen (secondary N) is 1. The van der Waals surface area contributed by atoms with Gasteiger partial charge in [0.15, 0.2) is 4.77 Å². The summed E-state index contributed by atoms with van der Waals surface area (Å²) in [6, 6.07) is 8.23. The molecule has 20 heavy (non-hydrogen) atoms. The minimum absolute atomic E-state index is 0.0334. The van der Waals surface area contributed by atoms with Crippen LogP contribution in [0.3, 0.4) is 0 Å². The SMILES string of the molecule is CC1CC(n2c(=S)[nH]c3ccccc3c2=O)CCN1C. The van der Waals surface area contributed by atoms with Gasteiger partial charge >= 0.3 is 0 Å². The van der Waals surface area contributed by atoms with Crippen molar-refractivity contribution in [3.8, 4) is 0 Å². The molecular weight excluding hydrogens is 270 g/mol. The van der Waals surface area contributed by atoms with E-state index in [9.17, 15) is 4.79 Å². The molecule has 1 aliphatic heterocycles. The van der Waals surface area contributed by atoms with Gasteiger partial charge < -0.3 is 9.88 Å². The Hall–Kier alpha value is -1.46. The van der Waals surface area contributed by atoms with Crippen LogP contribution in [0.4, 0.5) is 0 Å². The highest BCUT2D eigenvalue weighted by Crippen LogP contribution is 2.25. The first-order chi connectivity index (χ1) is 9.58. The molecule has 3 rings (SSSR count). The van der Waals surface area contributed by atoms with Gasteiger partial charge in [-0.1, -0.05) is 12.1 Å². The van der Waals surface area contributed by atoms with Gasteiger partial charge in [-0.3, -0.25) is 9.36 Å². The molecular formula is C15H19N3OS. The summed E-state index contributed by atoms with van der Waals surface area (Å²) in [5.74, 6) is 0. The normalized spacial score (nSPS) is 24.1. The van der Waals surface area contributed by atoms with Crippen molar-refractivity contribution in [3.05, 3.63) is 39.4 Å².